The largest absolute Gasteiger partial charge is 0.481 e. The van der Waals surface area contributed by atoms with Gasteiger partial charge < -0.3 is 15.4 Å². The highest BCUT2D eigenvalue weighted by atomic mass is 16.5. The van der Waals surface area contributed by atoms with Crippen molar-refractivity contribution in [2.75, 3.05) is 13.2 Å². The van der Waals surface area contributed by atoms with Gasteiger partial charge >= 0.3 is 6.03 Å². The number of urea groups is 1. The van der Waals surface area contributed by atoms with Crippen molar-refractivity contribution in [2.45, 2.75) is 13.0 Å². The Morgan fingerprint density at radius 2 is 1.45 bits per heavy atom. The lowest BCUT2D eigenvalue weighted by molar-refractivity contribution is 0.240. The molecule has 0 unspecified atom stereocenters. The molecule has 0 fully saturated rings. The van der Waals surface area contributed by atoms with Crippen LogP contribution in [0.2, 0.25) is 0 Å². The number of nitrogens with one attached hydrogen (secondary N) is 2. The smallest absolute Gasteiger partial charge is 0.316 e. The summed E-state index contributed by atoms with van der Waals surface area (Å²) in [6.45, 7) is 2.52. The summed E-state index contributed by atoms with van der Waals surface area (Å²) >= 11 is 0. The van der Waals surface area contributed by atoms with Crippen molar-refractivity contribution >= 4 is 6.03 Å². The molecule has 4 heteroatoms. The van der Waals surface area contributed by atoms with Crippen LogP contribution >= 0.6 is 0 Å². The number of ether oxygens (including phenoxy) is 1. The molecule has 3 aromatic rings. The van der Waals surface area contributed by atoms with Gasteiger partial charge in [0.1, 0.15) is 12.4 Å². The fourth-order valence-electron chi connectivity index (χ4n) is 2.90. The van der Waals surface area contributed by atoms with Crippen LogP contribution in [0.4, 0.5) is 4.79 Å². The standard InChI is InChI=1S/C25H24N2O2/c1-20-12-8-9-17-23(20)29-19-11-10-18-26-25(28)27-24(21-13-4-2-5-14-21)22-15-6-3-7-16-22/h2-9,12-17,24H,18-19H2,1H3,(H2,26,27,28). The molecule has 0 atom stereocenters. The average molecular weight is 384 g/mol. The number of benzene rings is 3. The summed E-state index contributed by atoms with van der Waals surface area (Å²) in [7, 11) is 0. The normalized spacial score (nSPS) is 10.0. The Hall–Kier alpha value is -3.71. The highest BCUT2D eigenvalue weighted by molar-refractivity contribution is 5.75. The average Bonchev–Trinajstić information content (AvgIpc) is 2.77. The molecule has 0 spiro atoms. The molecule has 4 nitrogen and oxygen atoms in total. The summed E-state index contributed by atoms with van der Waals surface area (Å²) in [6.07, 6.45) is 0. The summed E-state index contributed by atoms with van der Waals surface area (Å²) in [5.41, 5.74) is 3.11. The molecule has 0 aliphatic heterocycles. The first kappa shape index (κ1) is 20.0. The van der Waals surface area contributed by atoms with E-state index >= 15 is 0 Å². The molecule has 3 rings (SSSR count). The van der Waals surface area contributed by atoms with Crippen LogP contribution in [0.5, 0.6) is 5.75 Å². The van der Waals surface area contributed by atoms with E-state index in [0.717, 1.165) is 22.4 Å². The van der Waals surface area contributed by atoms with E-state index in [0.29, 0.717) is 0 Å². The molecule has 0 aromatic heterocycles. The molecule has 0 radical (unpaired) electrons. The number of hydrogen-bond acceptors (Lipinski definition) is 2. The molecule has 29 heavy (non-hydrogen) atoms. The molecule has 0 saturated heterocycles. The maximum absolute atomic E-state index is 12.4. The van der Waals surface area contributed by atoms with Gasteiger partial charge in [0, 0.05) is 0 Å². The third-order valence-electron chi connectivity index (χ3n) is 4.40. The molecule has 0 bridgehead atoms. The lowest BCUT2D eigenvalue weighted by Crippen LogP contribution is -2.38. The molecule has 3 aromatic carbocycles. The maximum Gasteiger partial charge on any atom is 0.316 e. The zero-order valence-electron chi connectivity index (χ0n) is 16.4. The molecular formula is C25H24N2O2. The van der Waals surface area contributed by atoms with Gasteiger partial charge in [-0.1, -0.05) is 90.7 Å². The maximum atomic E-state index is 12.4. The van der Waals surface area contributed by atoms with Crippen LogP contribution in [-0.2, 0) is 0 Å². The molecule has 2 amide bonds. The van der Waals surface area contributed by atoms with Crippen molar-refractivity contribution in [1.82, 2.24) is 10.6 Å². The van der Waals surface area contributed by atoms with E-state index in [9.17, 15) is 4.79 Å². The van der Waals surface area contributed by atoms with Crippen molar-refractivity contribution < 1.29 is 9.53 Å². The summed E-state index contributed by atoms with van der Waals surface area (Å²) in [6, 6.07) is 27.1. The Kier molecular flexibility index (Phi) is 7.31. The van der Waals surface area contributed by atoms with Crippen LogP contribution in [0, 0.1) is 18.8 Å². The summed E-state index contributed by atoms with van der Waals surface area (Å²) < 4.78 is 5.62. The lowest BCUT2D eigenvalue weighted by Gasteiger charge is -2.19. The first-order chi connectivity index (χ1) is 14.2. The molecule has 0 aliphatic rings. The van der Waals surface area contributed by atoms with E-state index in [4.69, 9.17) is 4.74 Å². The van der Waals surface area contributed by atoms with Crippen molar-refractivity contribution in [3.63, 3.8) is 0 Å². The molecule has 0 saturated carbocycles. The summed E-state index contributed by atoms with van der Waals surface area (Å²) in [4.78, 5) is 12.4. The first-order valence-electron chi connectivity index (χ1n) is 9.52. The van der Waals surface area contributed by atoms with Gasteiger partial charge in [-0.2, -0.15) is 0 Å². The minimum atomic E-state index is -0.267. The van der Waals surface area contributed by atoms with Gasteiger partial charge in [0.2, 0.25) is 0 Å². The first-order valence-corrected chi connectivity index (χ1v) is 9.52. The number of para-hydroxylation sites is 1. The second-order valence-corrected chi connectivity index (χ2v) is 6.49. The summed E-state index contributed by atoms with van der Waals surface area (Å²) in [5.74, 6) is 6.65. The van der Waals surface area contributed by atoms with Crippen molar-refractivity contribution in [3.8, 4) is 17.6 Å². The molecule has 0 aliphatic carbocycles. The summed E-state index contributed by atoms with van der Waals surface area (Å²) in [5, 5.41) is 5.81. The SMILES string of the molecule is Cc1ccccc1OCC#CCNC(=O)NC(c1ccccc1)c1ccccc1. The van der Waals surface area contributed by atoms with Gasteiger partial charge in [-0.15, -0.1) is 0 Å². The van der Waals surface area contributed by atoms with Gasteiger partial charge in [0.25, 0.3) is 0 Å². The van der Waals surface area contributed by atoms with Crippen molar-refractivity contribution in [2.24, 2.45) is 0 Å². The van der Waals surface area contributed by atoms with Crippen LogP contribution < -0.4 is 15.4 Å². The Labute approximate surface area is 171 Å². The van der Waals surface area contributed by atoms with Crippen LogP contribution in [0.25, 0.3) is 0 Å². The van der Waals surface area contributed by atoms with Crippen LogP contribution in [0.15, 0.2) is 84.9 Å². The zero-order valence-corrected chi connectivity index (χ0v) is 16.4. The fourth-order valence-corrected chi connectivity index (χ4v) is 2.90. The molecule has 2 N–H and O–H groups in total. The van der Waals surface area contributed by atoms with Crippen LogP contribution in [0.3, 0.4) is 0 Å². The molecule has 0 heterocycles. The number of carbonyl (C=O) groups is 1. The Balaban J connectivity index is 1.52. The number of amides is 2. The van der Waals surface area contributed by atoms with Gasteiger partial charge in [-0.05, 0) is 29.7 Å². The van der Waals surface area contributed by atoms with E-state index in [-0.39, 0.29) is 25.2 Å². The Morgan fingerprint density at radius 3 is 2.07 bits per heavy atom. The Bertz CT molecular complexity index is 936. The van der Waals surface area contributed by atoms with Gasteiger partial charge in [-0.25, -0.2) is 4.79 Å². The molecule has 146 valence electrons. The fraction of sp³-hybridized carbons (Fsp3) is 0.160. The number of rotatable bonds is 6. The third kappa shape index (κ3) is 6.15. The quantitative estimate of drug-likeness (QED) is 0.616. The zero-order chi connectivity index (χ0) is 20.3. The van der Waals surface area contributed by atoms with Crippen LogP contribution in [0.1, 0.15) is 22.7 Å². The number of hydrogen-bond donors (Lipinski definition) is 2. The van der Waals surface area contributed by atoms with E-state index in [2.05, 4.69) is 22.5 Å². The molecular weight excluding hydrogens is 360 g/mol. The highest BCUT2D eigenvalue weighted by Gasteiger charge is 2.15. The van der Waals surface area contributed by atoms with Crippen molar-refractivity contribution in [1.29, 1.82) is 0 Å². The van der Waals surface area contributed by atoms with E-state index in [1.807, 2.05) is 91.9 Å². The predicted octanol–water partition coefficient (Wildman–Crippen LogP) is 4.47. The second-order valence-electron chi connectivity index (χ2n) is 6.49. The minimum Gasteiger partial charge on any atom is -0.481 e. The lowest BCUT2D eigenvalue weighted by atomic mass is 9.99. The number of carbonyl (C=O) groups excluding carboxylic acids is 1. The van der Waals surface area contributed by atoms with Crippen LogP contribution in [-0.4, -0.2) is 19.2 Å². The van der Waals surface area contributed by atoms with E-state index < -0.39 is 0 Å². The topological polar surface area (TPSA) is 50.4 Å². The van der Waals surface area contributed by atoms with Crippen molar-refractivity contribution in [3.05, 3.63) is 102 Å². The van der Waals surface area contributed by atoms with Gasteiger partial charge in [0.05, 0.1) is 12.6 Å². The van der Waals surface area contributed by atoms with Gasteiger partial charge in [-0.3, -0.25) is 0 Å². The van der Waals surface area contributed by atoms with E-state index in [1.165, 1.54) is 0 Å². The monoisotopic (exact) mass is 384 g/mol. The minimum absolute atomic E-state index is 0.227. The highest BCUT2D eigenvalue weighted by Crippen LogP contribution is 2.21. The Morgan fingerprint density at radius 1 is 0.862 bits per heavy atom. The third-order valence-corrected chi connectivity index (χ3v) is 4.40. The van der Waals surface area contributed by atoms with E-state index in [1.54, 1.807) is 0 Å². The van der Waals surface area contributed by atoms with Gasteiger partial charge in [0.15, 0.2) is 0 Å². The predicted molar refractivity (Wildman–Crippen MR) is 116 cm³/mol. The number of aryl methyl sites for hydroxylation is 1. The second kappa shape index (κ2) is 10.6.